The Hall–Kier alpha value is -1.39. The number of fused-ring (bicyclic) bond motifs is 3. The number of hydrogen-bond donors (Lipinski definition) is 3. The third-order valence-corrected chi connectivity index (χ3v) is 7.05. The largest absolute Gasteiger partial charge is 0.471 e. The molecule has 0 amide bonds. The zero-order valence-electron chi connectivity index (χ0n) is 13.5. The standard InChI is InChI=1S/C16H20BNO6S/c19-17(20)16(7-10-9-23-13-4-2-1-3-12(10)13)18-25(21,22)15-8-11-5-6-14(15)24-11/h1-4,9,11,14-16,18-20H,5-8H2/t11?,14?,15?,16-/m0/s1. The Morgan fingerprint density at radius 2 is 2.08 bits per heavy atom. The molecule has 2 aliphatic rings. The lowest BCUT2D eigenvalue weighted by molar-refractivity contribution is 0.105. The third kappa shape index (κ3) is 3.22. The molecule has 0 radical (unpaired) electrons. The molecule has 2 saturated heterocycles. The van der Waals surface area contributed by atoms with Crippen molar-refractivity contribution in [3.8, 4) is 0 Å². The van der Waals surface area contributed by atoms with Crippen molar-refractivity contribution in [1.82, 2.24) is 4.72 Å². The summed E-state index contributed by atoms with van der Waals surface area (Å²) in [5.41, 5.74) is 1.40. The molecule has 3 unspecified atom stereocenters. The first kappa shape index (κ1) is 17.1. The van der Waals surface area contributed by atoms with Gasteiger partial charge < -0.3 is 19.2 Å². The smallest absolute Gasteiger partial charge is 0.464 e. The number of nitrogens with one attached hydrogen (secondary N) is 1. The van der Waals surface area contributed by atoms with Crippen molar-refractivity contribution in [2.24, 2.45) is 0 Å². The normalized spacial score (nSPS) is 27.0. The van der Waals surface area contributed by atoms with Gasteiger partial charge in [0.25, 0.3) is 0 Å². The van der Waals surface area contributed by atoms with Gasteiger partial charge in [-0.2, -0.15) is 0 Å². The Kier molecular flexibility index (Phi) is 4.37. The third-order valence-electron chi connectivity index (χ3n) is 5.13. The van der Waals surface area contributed by atoms with Crippen molar-refractivity contribution in [3.05, 3.63) is 36.1 Å². The van der Waals surface area contributed by atoms with E-state index in [-0.39, 0.29) is 18.6 Å². The molecular formula is C16H20BNO6S. The van der Waals surface area contributed by atoms with Crippen LogP contribution in [0.3, 0.4) is 0 Å². The first-order valence-corrected chi connectivity index (χ1v) is 9.96. The second-order valence-corrected chi connectivity index (χ2v) is 8.72. The predicted octanol–water partition coefficient (Wildman–Crippen LogP) is 0.595. The number of ether oxygens (including phenoxy) is 1. The molecule has 0 aliphatic carbocycles. The predicted molar refractivity (Wildman–Crippen MR) is 92.3 cm³/mol. The molecule has 2 aliphatic heterocycles. The van der Waals surface area contributed by atoms with E-state index >= 15 is 0 Å². The molecule has 3 N–H and O–H groups in total. The van der Waals surface area contributed by atoms with E-state index in [0.29, 0.717) is 12.0 Å². The fraction of sp³-hybridized carbons (Fsp3) is 0.500. The van der Waals surface area contributed by atoms with E-state index in [9.17, 15) is 18.5 Å². The molecule has 4 atom stereocenters. The minimum absolute atomic E-state index is 0.00175. The Morgan fingerprint density at radius 3 is 2.76 bits per heavy atom. The van der Waals surface area contributed by atoms with Crippen molar-refractivity contribution in [1.29, 1.82) is 0 Å². The van der Waals surface area contributed by atoms with Gasteiger partial charge in [-0.1, -0.05) is 18.2 Å². The number of furan rings is 1. The summed E-state index contributed by atoms with van der Waals surface area (Å²) in [5, 5.41) is 19.6. The highest BCUT2D eigenvalue weighted by Crippen LogP contribution is 2.37. The molecule has 134 valence electrons. The summed E-state index contributed by atoms with van der Waals surface area (Å²) >= 11 is 0. The molecule has 1 aromatic carbocycles. The van der Waals surface area contributed by atoms with Gasteiger partial charge in [-0.3, -0.25) is 0 Å². The van der Waals surface area contributed by atoms with Gasteiger partial charge in [-0.25, -0.2) is 13.1 Å². The van der Waals surface area contributed by atoms with Crippen molar-refractivity contribution >= 4 is 28.1 Å². The van der Waals surface area contributed by atoms with Crippen LogP contribution in [0.25, 0.3) is 11.0 Å². The molecule has 1 aromatic heterocycles. The Bertz CT molecular complexity index is 866. The summed E-state index contributed by atoms with van der Waals surface area (Å²) in [6.45, 7) is 0. The van der Waals surface area contributed by atoms with Gasteiger partial charge in [-0.05, 0) is 37.3 Å². The monoisotopic (exact) mass is 365 g/mol. The summed E-state index contributed by atoms with van der Waals surface area (Å²) < 4.78 is 38.9. The van der Waals surface area contributed by atoms with Crippen molar-refractivity contribution < 1.29 is 27.6 Å². The maximum atomic E-state index is 12.7. The summed E-state index contributed by atoms with van der Waals surface area (Å²) in [5.74, 6) is -1.05. The summed E-state index contributed by atoms with van der Waals surface area (Å²) in [4.78, 5) is 0. The highest BCUT2D eigenvalue weighted by Gasteiger charge is 2.48. The molecule has 2 bridgehead atoms. The van der Waals surface area contributed by atoms with Crippen molar-refractivity contribution in [2.75, 3.05) is 0 Å². The first-order chi connectivity index (χ1) is 11.9. The van der Waals surface area contributed by atoms with Crippen LogP contribution in [0, 0.1) is 0 Å². The second-order valence-electron chi connectivity index (χ2n) is 6.79. The summed E-state index contributed by atoms with van der Waals surface area (Å²) in [7, 11) is -5.53. The molecule has 25 heavy (non-hydrogen) atoms. The molecule has 4 rings (SSSR count). The van der Waals surface area contributed by atoms with Crippen LogP contribution in [0.15, 0.2) is 34.9 Å². The maximum Gasteiger partial charge on any atom is 0.471 e. The number of rotatable bonds is 6. The first-order valence-electron chi connectivity index (χ1n) is 8.42. The van der Waals surface area contributed by atoms with Crippen LogP contribution in [0.5, 0.6) is 0 Å². The molecular weight excluding hydrogens is 345 g/mol. The van der Waals surface area contributed by atoms with E-state index in [0.717, 1.165) is 23.8 Å². The van der Waals surface area contributed by atoms with Gasteiger partial charge in [0, 0.05) is 5.39 Å². The van der Waals surface area contributed by atoms with E-state index in [1.54, 1.807) is 6.07 Å². The van der Waals surface area contributed by atoms with Gasteiger partial charge in [0.05, 0.1) is 24.4 Å². The van der Waals surface area contributed by atoms with Gasteiger partial charge in [0.2, 0.25) is 10.0 Å². The average molecular weight is 365 g/mol. The average Bonchev–Trinajstić information content (AvgIpc) is 3.29. The second kappa shape index (κ2) is 6.41. The number of para-hydroxylation sites is 1. The molecule has 3 heterocycles. The quantitative estimate of drug-likeness (QED) is 0.647. The zero-order chi connectivity index (χ0) is 17.6. The van der Waals surface area contributed by atoms with Crippen LogP contribution in [0.1, 0.15) is 24.8 Å². The van der Waals surface area contributed by atoms with E-state index in [2.05, 4.69) is 4.72 Å². The molecule has 2 fully saturated rings. The minimum atomic E-state index is -3.72. The molecule has 2 aromatic rings. The van der Waals surface area contributed by atoms with Crippen molar-refractivity contribution in [3.63, 3.8) is 0 Å². The number of sulfonamides is 1. The highest BCUT2D eigenvalue weighted by molar-refractivity contribution is 7.90. The van der Waals surface area contributed by atoms with Gasteiger partial charge in [-0.15, -0.1) is 0 Å². The van der Waals surface area contributed by atoms with E-state index in [1.807, 2.05) is 18.2 Å². The van der Waals surface area contributed by atoms with Crippen LogP contribution in [0.4, 0.5) is 0 Å². The van der Waals surface area contributed by atoms with E-state index in [4.69, 9.17) is 9.15 Å². The van der Waals surface area contributed by atoms with Crippen molar-refractivity contribution in [2.45, 2.75) is 49.1 Å². The molecule has 0 saturated carbocycles. The van der Waals surface area contributed by atoms with Crippen LogP contribution < -0.4 is 4.72 Å². The lowest BCUT2D eigenvalue weighted by Gasteiger charge is -2.23. The molecule has 9 heteroatoms. The highest BCUT2D eigenvalue weighted by atomic mass is 32.2. The Morgan fingerprint density at radius 1 is 1.28 bits per heavy atom. The lowest BCUT2D eigenvalue weighted by Crippen LogP contribution is -2.52. The topological polar surface area (TPSA) is 109 Å². The maximum absolute atomic E-state index is 12.7. The Balaban J connectivity index is 1.53. The van der Waals surface area contributed by atoms with Crippen LogP contribution >= 0.6 is 0 Å². The number of hydrogen-bond acceptors (Lipinski definition) is 6. The molecule has 0 spiro atoms. The van der Waals surface area contributed by atoms with Gasteiger partial charge in [0.1, 0.15) is 10.8 Å². The van der Waals surface area contributed by atoms with E-state index in [1.165, 1.54) is 6.26 Å². The Labute approximate surface area is 146 Å². The summed E-state index contributed by atoms with van der Waals surface area (Å²) in [6.07, 6.45) is 3.43. The zero-order valence-corrected chi connectivity index (χ0v) is 14.4. The molecule has 7 nitrogen and oxygen atoms in total. The minimum Gasteiger partial charge on any atom is -0.464 e. The van der Waals surface area contributed by atoms with Gasteiger partial charge in [0.15, 0.2) is 0 Å². The SMILES string of the molecule is O=S(=O)(N[C@@H](Cc1coc2ccccc12)B(O)O)C1CC2CCC1O2. The van der Waals surface area contributed by atoms with E-state index < -0.39 is 28.3 Å². The summed E-state index contributed by atoms with van der Waals surface area (Å²) in [6, 6.07) is 7.35. The van der Waals surface area contributed by atoms with Crippen LogP contribution in [-0.2, 0) is 21.2 Å². The fourth-order valence-corrected chi connectivity index (χ4v) is 5.72. The number of benzene rings is 1. The van der Waals surface area contributed by atoms with Gasteiger partial charge >= 0.3 is 7.12 Å². The fourth-order valence-electron chi connectivity index (χ4n) is 3.85. The lowest BCUT2D eigenvalue weighted by atomic mass is 9.77. The van der Waals surface area contributed by atoms with Crippen LogP contribution in [-0.4, -0.2) is 49.0 Å². The van der Waals surface area contributed by atoms with Crippen LogP contribution in [0.2, 0.25) is 0 Å².